The van der Waals surface area contributed by atoms with Gasteiger partial charge < -0.3 is 5.73 Å². The molecule has 0 aliphatic heterocycles. The van der Waals surface area contributed by atoms with Crippen LogP contribution in [0.5, 0.6) is 0 Å². The molecule has 0 amide bonds. The van der Waals surface area contributed by atoms with E-state index in [-0.39, 0.29) is 0 Å². The molecule has 0 spiro atoms. The Morgan fingerprint density at radius 1 is 1.14 bits per heavy atom. The molecule has 0 aromatic heterocycles. The van der Waals surface area contributed by atoms with Gasteiger partial charge in [-0.2, -0.15) is 0 Å². The molecule has 2 aliphatic rings. The maximum absolute atomic E-state index is 5.72. The zero-order valence-corrected chi connectivity index (χ0v) is 8.72. The number of hydrogen-bond donors (Lipinski definition) is 1. The third-order valence-corrected chi connectivity index (χ3v) is 4.52. The van der Waals surface area contributed by atoms with Crippen molar-refractivity contribution in [1.82, 2.24) is 0 Å². The molecule has 0 heterocycles. The van der Waals surface area contributed by atoms with Crippen molar-refractivity contribution >= 4 is 5.69 Å². The van der Waals surface area contributed by atoms with Gasteiger partial charge in [0, 0.05) is 11.1 Å². The summed E-state index contributed by atoms with van der Waals surface area (Å²) in [5, 5.41) is 0. The lowest BCUT2D eigenvalue weighted by Gasteiger charge is -2.15. The van der Waals surface area contributed by atoms with Crippen LogP contribution in [0.25, 0.3) is 0 Å². The van der Waals surface area contributed by atoms with E-state index >= 15 is 0 Å². The van der Waals surface area contributed by atoms with Gasteiger partial charge in [-0.1, -0.05) is 25.5 Å². The fourth-order valence-corrected chi connectivity index (χ4v) is 3.52. The lowest BCUT2D eigenvalue weighted by molar-refractivity contribution is 0.519. The molecule has 2 fully saturated rings. The molecule has 2 saturated carbocycles. The molecule has 3 rings (SSSR count). The van der Waals surface area contributed by atoms with Crippen molar-refractivity contribution in [3.63, 3.8) is 0 Å². The zero-order valence-electron chi connectivity index (χ0n) is 8.72. The Hall–Kier alpha value is -0.980. The van der Waals surface area contributed by atoms with E-state index in [9.17, 15) is 0 Å². The number of nitrogens with two attached hydrogens (primary N) is 1. The van der Waals surface area contributed by atoms with Crippen LogP contribution in [0.3, 0.4) is 0 Å². The van der Waals surface area contributed by atoms with E-state index in [1.165, 1.54) is 31.2 Å². The van der Waals surface area contributed by atoms with Crippen LogP contribution in [-0.4, -0.2) is 0 Å². The molecular formula is C13H17N. The van der Waals surface area contributed by atoms with Crippen LogP contribution in [0.15, 0.2) is 24.3 Å². The molecule has 0 bridgehead atoms. The number of hydrogen-bond acceptors (Lipinski definition) is 1. The molecule has 1 heteroatoms. The third kappa shape index (κ3) is 0.853. The van der Waals surface area contributed by atoms with Gasteiger partial charge in [0.25, 0.3) is 0 Å². The highest BCUT2D eigenvalue weighted by atomic mass is 14.7. The second-order valence-corrected chi connectivity index (χ2v) is 5.30. The van der Waals surface area contributed by atoms with Crippen molar-refractivity contribution in [3.05, 3.63) is 29.8 Å². The van der Waals surface area contributed by atoms with E-state index in [1.54, 1.807) is 0 Å². The fourth-order valence-electron chi connectivity index (χ4n) is 3.52. The van der Waals surface area contributed by atoms with Gasteiger partial charge in [0.2, 0.25) is 0 Å². The number of benzene rings is 1. The minimum atomic E-state index is 0.528. The lowest BCUT2D eigenvalue weighted by atomic mass is 9.89. The molecule has 2 atom stereocenters. The van der Waals surface area contributed by atoms with Crippen molar-refractivity contribution < 1.29 is 0 Å². The Labute approximate surface area is 85.3 Å². The number of fused-ring (bicyclic) bond motifs is 1. The minimum absolute atomic E-state index is 0.528. The molecule has 2 N–H and O–H groups in total. The summed E-state index contributed by atoms with van der Waals surface area (Å²) in [5.74, 6) is 0. The van der Waals surface area contributed by atoms with Crippen molar-refractivity contribution in [2.75, 3.05) is 5.73 Å². The number of nitrogen functional groups attached to an aromatic ring is 1. The molecule has 1 aromatic rings. The van der Waals surface area contributed by atoms with Gasteiger partial charge in [-0.05, 0) is 42.4 Å². The van der Waals surface area contributed by atoms with Gasteiger partial charge in [0.1, 0.15) is 0 Å². The van der Waals surface area contributed by atoms with E-state index in [1.807, 2.05) is 12.1 Å². The zero-order chi connectivity index (χ0) is 9.81. The van der Waals surface area contributed by atoms with Gasteiger partial charge in [-0.3, -0.25) is 0 Å². The molecule has 0 radical (unpaired) electrons. The summed E-state index contributed by atoms with van der Waals surface area (Å²) >= 11 is 0. The molecule has 74 valence electrons. The maximum Gasteiger partial charge on any atom is 0.0314 e. The van der Waals surface area contributed by atoms with Gasteiger partial charge >= 0.3 is 0 Å². The standard InChI is InChI=1S/C13H17N/c1-12-7-2-8-13(12,9-12)10-3-5-11(14)6-4-10/h3-6H,2,7-9,14H2,1H3. The SMILES string of the molecule is CC12CCCC1(c1ccc(N)cc1)C2. The predicted octanol–water partition coefficient (Wildman–Crippen LogP) is 3.10. The molecule has 2 unspecified atom stereocenters. The smallest absolute Gasteiger partial charge is 0.0314 e. The van der Waals surface area contributed by atoms with Gasteiger partial charge in [-0.25, -0.2) is 0 Å². The van der Waals surface area contributed by atoms with E-state index < -0.39 is 0 Å². The normalized spacial score (nSPS) is 39.5. The summed E-state index contributed by atoms with van der Waals surface area (Å²) < 4.78 is 0. The maximum atomic E-state index is 5.72. The lowest BCUT2D eigenvalue weighted by Crippen LogP contribution is -2.09. The Balaban J connectivity index is 2.01. The van der Waals surface area contributed by atoms with Crippen LogP contribution >= 0.6 is 0 Å². The highest BCUT2D eigenvalue weighted by Crippen LogP contribution is 2.73. The minimum Gasteiger partial charge on any atom is -0.399 e. The van der Waals surface area contributed by atoms with Crippen LogP contribution in [-0.2, 0) is 5.41 Å². The second kappa shape index (κ2) is 2.33. The molecular weight excluding hydrogens is 170 g/mol. The first-order valence-corrected chi connectivity index (χ1v) is 5.52. The van der Waals surface area contributed by atoms with Crippen molar-refractivity contribution in [2.24, 2.45) is 5.41 Å². The van der Waals surface area contributed by atoms with E-state index in [0.29, 0.717) is 10.8 Å². The van der Waals surface area contributed by atoms with Gasteiger partial charge in [-0.15, -0.1) is 0 Å². The predicted molar refractivity (Wildman–Crippen MR) is 59.1 cm³/mol. The quantitative estimate of drug-likeness (QED) is 0.672. The van der Waals surface area contributed by atoms with Gasteiger partial charge in [0.15, 0.2) is 0 Å². The number of rotatable bonds is 1. The first-order chi connectivity index (χ1) is 6.66. The molecule has 1 nitrogen and oxygen atoms in total. The summed E-state index contributed by atoms with van der Waals surface area (Å²) in [6, 6.07) is 8.54. The van der Waals surface area contributed by atoms with Crippen LogP contribution in [0.2, 0.25) is 0 Å². The Morgan fingerprint density at radius 2 is 1.86 bits per heavy atom. The van der Waals surface area contributed by atoms with Crippen molar-refractivity contribution in [2.45, 2.75) is 38.0 Å². The van der Waals surface area contributed by atoms with E-state index in [4.69, 9.17) is 5.73 Å². The van der Waals surface area contributed by atoms with Crippen molar-refractivity contribution in [3.8, 4) is 0 Å². The first-order valence-electron chi connectivity index (χ1n) is 5.52. The Morgan fingerprint density at radius 3 is 2.36 bits per heavy atom. The summed E-state index contributed by atoms with van der Waals surface area (Å²) in [6.45, 7) is 2.44. The first kappa shape index (κ1) is 8.34. The fraction of sp³-hybridized carbons (Fsp3) is 0.538. The topological polar surface area (TPSA) is 26.0 Å². The van der Waals surface area contributed by atoms with E-state index in [2.05, 4.69) is 19.1 Å². The summed E-state index contributed by atoms with van der Waals surface area (Å²) in [5.41, 5.74) is 9.26. The summed E-state index contributed by atoms with van der Waals surface area (Å²) in [4.78, 5) is 0. The van der Waals surface area contributed by atoms with Crippen molar-refractivity contribution in [1.29, 1.82) is 0 Å². The summed E-state index contributed by atoms with van der Waals surface area (Å²) in [6.07, 6.45) is 5.59. The molecule has 1 aromatic carbocycles. The largest absolute Gasteiger partial charge is 0.399 e. The highest BCUT2D eigenvalue weighted by molar-refractivity contribution is 5.46. The average Bonchev–Trinajstić information content (AvgIpc) is 2.62. The van der Waals surface area contributed by atoms with Gasteiger partial charge in [0.05, 0.1) is 0 Å². The van der Waals surface area contributed by atoms with Crippen LogP contribution in [0.4, 0.5) is 5.69 Å². The number of anilines is 1. The summed E-state index contributed by atoms with van der Waals surface area (Å²) in [7, 11) is 0. The second-order valence-electron chi connectivity index (χ2n) is 5.30. The van der Waals surface area contributed by atoms with Crippen LogP contribution in [0, 0.1) is 5.41 Å². The highest BCUT2D eigenvalue weighted by Gasteiger charge is 2.66. The Kier molecular flexibility index (Phi) is 1.39. The van der Waals surface area contributed by atoms with Crippen LogP contribution < -0.4 is 5.73 Å². The molecule has 14 heavy (non-hydrogen) atoms. The van der Waals surface area contributed by atoms with Crippen LogP contribution in [0.1, 0.15) is 38.2 Å². The molecule has 0 saturated heterocycles. The average molecular weight is 187 g/mol. The van der Waals surface area contributed by atoms with E-state index in [0.717, 1.165) is 5.69 Å². The monoisotopic (exact) mass is 187 g/mol. The third-order valence-electron chi connectivity index (χ3n) is 4.52. The Bertz CT molecular complexity index is 363. The molecule has 2 aliphatic carbocycles.